The molecule has 257 valence electrons. The fourth-order valence-corrected chi connectivity index (χ4v) is 6.42. The minimum absolute atomic E-state index is 0.816. The van der Waals surface area contributed by atoms with Crippen LogP contribution in [0.2, 0.25) is 0 Å². The second kappa shape index (κ2) is 24.6. The van der Waals surface area contributed by atoms with Gasteiger partial charge in [0.25, 0.3) is 0 Å². The molecule has 0 unspecified atom stereocenters. The van der Waals surface area contributed by atoms with Crippen molar-refractivity contribution in [3.63, 3.8) is 0 Å². The Morgan fingerprint density at radius 2 is 0.875 bits per heavy atom. The zero-order chi connectivity index (χ0) is 33.2. The molecule has 48 heavy (non-hydrogen) atoms. The largest absolute Gasteiger partial charge is 0.494 e. The maximum atomic E-state index is 6.19. The molecule has 0 aliphatic carbocycles. The molecule has 2 nitrogen and oxygen atoms in total. The van der Waals surface area contributed by atoms with Crippen LogP contribution in [-0.4, -0.2) is 13.2 Å². The lowest BCUT2D eigenvalue weighted by Gasteiger charge is -2.11. The first-order valence-corrected chi connectivity index (χ1v) is 19.2. The average molecular weight is 646 g/mol. The van der Waals surface area contributed by atoms with Gasteiger partial charge < -0.3 is 9.47 Å². The van der Waals surface area contributed by atoms with Crippen molar-refractivity contribution in [3.8, 4) is 11.5 Å². The van der Waals surface area contributed by atoms with Crippen molar-refractivity contribution < 1.29 is 9.47 Å². The van der Waals surface area contributed by atoms with Crippen molar-refractivity contribution in [2.45, 2.75) is 122 Å². The topological polar surface area (TPSA) is 18.5 Å². The van der Waals surface area contributed by atoms with Crippen LogP contribution in [0.15, 0.2) is 109 Å². The highest BCUT2D eigenvalue weighted by atomic mass is 16.5. The normalized spacial score (nSPS) is 11.1. The van der Waals surface area contributed by atoms with Gasteiger partial charge in [-0.3, -0.25) is 0 Å². The summed E-state index contributed by atoms with van der Waals surface area (Å²) in [4.78, 5) is 0. The third-order valence-corrected chi connectivity index (χ3v) is 9.28. The van der Waals surface area contributed by atoms with E-state index in [1.165, 1.54) is 112 Å². The molecule has 0 atom stereocenters. The van der Waals surface area contributed by atoms with Crippen molar-refractivity contribution in [1.29, 1.82) is 0 Å². The summed E-state index contributed by atoms with van der Waals surface area (Å²) >= 11 is 0. The zero-order valence-corrected chi connectivity index (χ0v) is 29.6. The molecule has 0 saturated carbocycles. The summed E-state index contributed by atoms with van der Waals surface area (Å²) in [5.74, 6) is 2.12. The molecule has 0 spiro atoms. The maximum Gasteiger partial charge on any atom is 0.122 e. The molecule has 0 bridgehead atoms. The lowest BCUT2D eigenvalue weighted by molar-refractivity contribution is 0.302. The summed E-state index contributed by atoms with van der Waals surface area (Å²) in [6.07, 6.45) is 25.8. The van der Waals surface area contributed by atoms with Gasteiger partial charge in [0.1, 0.15) is 11.5 Å². The van der Waals surface area contributed by atoms with Gasteiger partial charge in [0, 0.05) is 0 Å². The van der Waals surface area contributed by atoms with Crippen LogP contribution >= 0.6 is 0 Å². The molecule has 4 aromatic rings. The van der Waals surface area contributed by atoms with Gasteiger partial charge in [0.15, 0.2) is 0 Å². The second-order valence-electron chi connectivity index (χ2n) is 13.4. The Morgan fingerprint density at radius 3 is 1.58 bits per heavy atom. The van der Waals surface area contributed by atoms with Crippen LogP contribution in [0.3, 0.4) is 0 Å². The first kappa shape index (κ1) is 37.3. The molecule has 0 aliphatic rings. The summed E-state index contributed by atoms with van der Waals surface area (Å²) in [5.41, 5.74) is 5.66. The second-order valence-corrected chi connectivity index (χ2v) is 13.4. The molecule has 0 aromatic heterocycles. The molecule has 2 heteroatoms. The number of ether oxygens (including phenoxy) is 2. The van der Waals surface area contributed by atoms with E-state index in [2.05, 4.69) is 116 Å². The van der Waals surface area contributed by atoms with Gasteiger partial charge in [-0.05, 0) is 118 Å². The first-order chi connectivity index (χ1) is 23.9. The van der Waals surface area contributed by atoms with Crippen LogP contribution in [0.25, 0.3) is 0 Å². The Hall–Kier alpha value is -3.52. The van der Waals surface area contributed by atoms with Gasteiger partial charge in [0.2, 0.25) is 0 Å². The molecule has 4 aromatic carbocycles. The van der Waals surface area contributed by atoms with Crippen LogP contribution in [-0.2, 0) is 25.7 Å². The third-order valence-electron chi connectivity index (χ3n) is 9.28. The predicted molar refractivity (Wildman–Crippen MR) is 205 cm³/mol. The Balaban J connectivity index is 0.936. The monoisotopic (exact) mass is 645 g/mol. The summed E-state index contributed by atoms with van der Waals surface area (Å²) in [7, 11) is 0. The van der Waals surface area contributed by atoms with E-state index < -0.39 is 0 Å². The van der Waals surface area contributed by atoms with E-state index in [0.29, 0.717) is 0 Å². The minimum atomic E-state index is 0.816. The minimum Gasteiger partial charge on any atom is -0.494 e. The number of rotatable bonds is 27. The van der Waals surface area contributed by atoms with Crippen LogP contribution in [0.5, 0.6) is 11.5 Å². The Labute approximate surface area is 293 Å². The summed E-state index contributed by atoms with van der Waals surface area (Å²) in [5, 5.41) is 0. The van der Waals surface area contributed by atoms with Crippen molar-refractivity contribution in [1.82, 2.24) is 0 Å². The van der Waals surface area contributed by atoms with Gasteiger partial charge in [-0.1, -0.05) is 142 Å². The fourth-order valence-electron chi connectivity index (χ4n) is 6.42. The average Bonchev–Trinajstić information content (AvgIpc) is 3.13. The first-order valence-electron chi connectivity index (χ1n) is 19.2. The summed E-state index contributed by atoms with van der Waals surface area (Å²) in [6, 6.07) is 39.0. The highest BCUT2D eigenvalue weighted by molar-refractivity contribution is 5.33. The van der Waals surface area contributed by atoms with Crippen molar-refractivity contribution in [3.05, 3.63) is 138 Å². The van der Waals surface area contributed by atoms with E-state index in [1.807, 2.05) is 0 Å². The highest BCUT2D eigenvalue weighted by Gasteiger charge is 2.04. The Kier molecular flexibility index (Phi) is 19.1. The number of hydrogen-bond donors (Lipinski definition) is 0. The van der Waals surface area contributed by atoms with Gasteiger partial charge >= 0.3 is 0 Å². The number of para-hydroxylation sites is 1. The molecule has 4 rings (SSSR count). The van der Waals surface area contributed by atoms with Gasteiger partial charge in [-0.2, -0.15) is 0 Å². The maximum absolute atomic E-state index is 6.19. The van der Waals surface area contributed by atoms with E-state index in [0.717, 1.165) is 56.8 Å². The van der Waals surface area contributed by atoms with Gasteiger partial charge in [-0.15, -0.1) is 0 Å². The number of hydrogen-bond acceptors (Lipinski definition) is 2. The number of unbranched alkanes of at least 4 members (excludes halogenated alkanes) is 13. The van der Waals surface area contributed by atoms with Crippen molar-refractivity contribution >= 4 is 0 Å². The molecule has 0 saturated heterocycles. The van der Waals surface area contributed by atoms with Crippen molar-refractivity contribution in [2.75, 3.05) is 13.2 Å². The Bertz CT molecular complexity index is 1330. The standard InChI is InChI=1S/C46H61O2/c1(3-5-7-20-34-44-35-21-22-37-46(44)48-39-24-12-19-31-42-29-17-11-18-30-42)2-4-6-14-32-43-33-25-36-45(40-43)47-38-23-9-8-13-26-41-27-15-10-16-28-41/h3,10-11,15-18,21-22,25,27-30,33,35-37,40H,1-2,4-9,12-14,19-20,23-24,26,31-32,34,38-39H2. The third kappa shape index (κ3) is 16.5. The molecule has 0 N–H and O–H groups in total. The molecule has 0 heterocycles. The molecular formula is C46H61O2. The van der Waals surface area contributed by atoms with Gasteiger partial charge in [0.05, 0.1) is 13.2 Å². The molecule has 0 aliphatic heterocycles. The van der Waals surface area contributed by atoms with E-state index in [1.54, 1.807) is 0 Å². The van der Waals surface area contributed by atoms with Crippen LogP contribution < -0.4 is 9.47 Å². The molecule has 1 radical (unpaired) electrons. The number of aryl methyl sites for hydroxylation is 4. The van der Waals surface area contributed by atoms with Crippen LogP contribution in [0.4, 0.5) is 0 Å². The molecule has 0 fully saturated rings. The fraction of sp³-hybridized carbons (Fsp3) is 0.457. The van der Waals surface area contributed by atoms with Crippen LogP contribution in [0, 0.1) is 6.42 Å². The number of benzene rings is 4. The zero-order valence-electron chi connectivity index (χ0n) is 29.6. The van der Waals surface area contributed by atoms with Gasteiger partial charge in [-0.25, -0.2) is 0 Å². The Morgan fingerprint density at radius 1 is 0.375 bits per heavy atom. The predicted octanol–water partition coefficient (Wildman–Crippen LogP) is 12.8. The van der Waals surface area contributed by atoms with Crippen molar-refractivity contribution in [2.24, 2.45) is 0 Å². The SMILES string of the molecule is [CH](CCCCCCc1cccc(OCCCCCCc2ccccc2)c1)CCCCc1ccccc1OCCCCCc1ccccc1. The van der Waals surface area contributed by atoms with E-state index in [4.69, 9.17) is 9.47 Å². The lowest BCUT2D eigenvalue weighted by Crippen LogP contribution is -2.01. The van der Waals surface area contributed by atoms with E-state index in [9.17, 15) is 0 Å². The lowest BCUT2D eigenvalue weighted by atomic mass is 10.0. The highest BCUT2D eigenvalue weighted by Crippen LogP contribution is 2.22. The van der Waals surface area contributed by atoms with E-state index >= 15 is 0 Å². The summed E-state index contributed by atoms with van der Waals surface area (Å²) < 4.78 is 12.3. The quantitative estimate of drug-likeness (QED) is 0.0601. The smallest absolute Gasteiger partial charge is 0.122 e. The van der Waals surface area contributed by atoms with E-state index in [-0.39, 0.29) is 0 Å². The molecular weight excluding hydrogens is 585 g/mol. The summed E-state index contributed by atoms with van der Waals surface area (Å²) in [6.45, 7) is 1.64. The van der Waals surface area contributed by atoms with Crippen LogP contribution in [0.1, 0.15) is 119 Å². The molecule has 0 amide bonds.